The summed E-state index contributed by atoms with van der Waals surface area (Å²) in [5.41, 5.74) is 1.75. The maximum atomic E-state index is 12.1. The molecule has 0 aromatic carbocycles. The van der Waals surface area contributed by atoms with Crippen molar-refractivity contribution < 1.29 is 4.79 Å². The number of hydrogen-bond donors (Lipinski definition) is 0. The summed E-state index contributed by atoms with van der Waals surface area (Å²) in [4.78, 5) is 13.7. The van der Waals surface area contributed by atoms with Crippen molar-refractivity contribution in [2.24, 2.45) is 7.05 Å². The standard InChI is InChI=1S/C14H18BrN5O/c1-4-20-9-12(15)13(17-20)10-18(2)14(21)6-5-11-7-16-19(3)8-11/h5-9H,4,10H2,1-3H3/b6-5+. The van der Waals surface area contributed by atoms with Gasteiger partial charge in [-0.15, -0.1) is 0 Å². The fourth-order valence-electron chi connectivity index (χ4n) is 1.83. The predicted octanol–water partition coefficient (Wildman–Crippen LogP) is 2.07. The largest absolute Gasteiger partial charge is 0.336 e. The Morgan fingerprint density at radius 1 is 1.48 bits per heavy atom. The molecule has 0 radical (unpaired) electrons. The van der Waals surface area contributed by atoms with Gasteiger partial charge in [0, 0.05) is 44.7 Å². The van der Waals surface area contributed by atoms with E-state index in [1.54, 1.807) is 35.0 Å². The molecule has 2 rings (SSSR count). The number of carbonyl (C=O) groups is 1. The van der Waals surface area contributed by atoms with E-state index >= 15 is 0 Å². The van der Waals surface area contributed by atoms with Gasteiger partial charge in [0.25, 0.3) is 0 Å². The fourth-order valence-corrected chi connectivity index (χ4v) is 2.27. The molecule has 0 N–H and O–H groups in total. The molecule has 0 atom stereocenters. The van der Waals surface area contributed by atoms with Crippen molar-refractivity contribution in [1.29, 1.82) is 0 Å². The molecule has 0 fully saturated rings. The van der Waals surface area contributed by atoms with Crippen molar-refractivity contribution in [3.63, 3.8) is 0 Å². The molecular formula is C14H18BrN5O. The summed E-state index contributed by atoms with van der Waals surface area (Å²) in [6.07, 6.45) is 8.78. The lowest BCUT2D eigenvalue weighted by atomic mass is 10.3. The number of halogens is 1. The Kier molecular flexibility index (Phi) is 4.95. The van der Waals surface area contributed by atoms with Gasteiger partial charge >= 0.3 is 0 Å². The highest BCUT2D eigenvalue weighted by Gasteiger charge is 2.11. The predicted molar refractivity (Wildman–Crippen MR) is 84.3 cm³/mol. The summed E-state index contributed by atoms with van der Waals surface area (Å²) in [6.45, 7) is 3.29. The number of likely N-dealkylation sites (N-methyl/N-ethyl adjacent to an activating group) is 1. The van der Waals surface area contributed by atoms with Crippen LogP contribution in [0.3, 0.4) is 0 Å². The van der Waals surface area contributed by atoms with Gasteiger partial charge in [-0.1, -0.05) is 0 Å². The van der Waals surface area contributed by atoms with Crippen LogP contribution in [0.15, 0.2) is 29.1 Å². The average molecular weight is 352 g/mol. The lowest BCUT2D eigenvalue weighted by Crippen LogP contribution is -2.24. The molecule has 0 spiro atoms. The third-order valence-electron chi connectivity index (χ3n) is 3.02. The highest BCUT2D eigenvalue weighted by atomic mass is 79.9. The minimum atomic E-state index is -0.0724. The average Bonchev–Trinajstić information content (AvgIpc) is 3.02. The van der Waals surface area contributed by atoms with Gasteiger partial charge in [0.2, 0.25) is 5.91 Å². The Hall–Kier alpha value is -1.89. The first kappa shape index (κ1) is 15.5. The summed E-state index contributed by atoms with van der Waals surface area (Å²) in [7, 11) is 3.60. The molecular weight excluding hydrogens is 334 g/mol. The van der Waals surface area contributed by atoms with Gasteiger partial charge in [-0.2, -0.15) is 10.2 Å². The van der Waals surface area contributed by atoms with Crippen molar-refractivity contribution in [2.75, 3.05) is 7.05 Å². The molecule has 0 aliphatic carbocycles. The maximum absolute atomic E-state index is 12.1. The minimum absolute atomic E-state index is 0.0724. The summed E-state index contributed by atoms with van der Waals surface area (Å²) in [5.74, 6) is -0.0724. The topological polar surface area (TPSA) is 56.0 Å². The smallest absolute Gasteiger partial charge is 0.246 e. The first-order chi connectivity index (χ1) is 9.99. The molecule has 0 unspecified atom stereocenters. The summed E-state index contributed by atoms with van der Waals surface area (Å²) in [6, 6.07) is 0. The van der Waals surface area contributed by atoms with Crippen LogP contribution in [0.2, 0.25) is 0 Å². The maximum Gasteiger partial charge on any atom is 0.246 e. The quantitative estimate of drug-likeness (QED) is 0.774. The van der Waals surface area contributed by atoms with Crippen LogP contribution in [-0.2, 0) is 24.9 Å². The van der Waals surface area contributed by atoms with Gasteiger partial charge in [-0.05, 0) is 28.9 Å². The van der Waals surface area contributed by atoms with E-state index in [1.165, 1.54) is 0 Å². The molecule has 0 bridgehead atoms. The van der Waals surface area contributed by atoms with Crippen molar-refractivity contribution >= 4 is 27.9 Å². The van der Waals surface area contributed by atoms with Crippen LogP contribution in [0, 0.1) is 0 Å². The Morgan fingerprint density at radius 2 is 2.24 bits per heavy atom. The number of aryl methyl sites for hydroxylation is 2. The second-order valence-electron chi connectivity index (χ2n) is 4.75. The molecule has 0 saturated heterocycles. The van der Waals surface area contributed by atoms with Gasteiger partial charge < -0.3 is 4.90 Å². The Balaban J connectivity index is 1.99. The van der Waals surface area contributed by atoms with E-state index in [1.807, 2.05) is 31.0 Å². The zero-order valence-electron chi connectivity index (χ0n) is 12.3. The van der Waals surface area contributed by atoms with Crippen LogP contribution in [0.5, 0.6) is 0 Å². The number of rotatable bonds is 5. The third kappa shape index (κ3) is 4.04. The first-order valence-electron chi connectivity index (χ1n) is 6.63. The van der Waals surface area contributed by atoms with E-state index in [4.69, 9.17) is 0 Å². The second kappa shape index (κ2) is 6.71. The monoisotopic (exact) mass is 351 g/mol. The SMILES string of the molecule is CCn1cc(Br)c(CN(C)C(=O)/C=C/c2cnn(C)c2)n1. The van der Waals surface area contributed by atoms with Gasteiger partial charge in [0.05, 0.1) is 22.9 Å². The van der Waals surface area contributed by atoms with Gasteiger partial charge in [0.1, 0.15) is 0 Å². The summed E-state index contributed by atoms with van der Waals surface area (Å²) >= 11 is 3.46. The molecule has 2 aromatic heterocycles. The Bertz CT molecular complexity index is 658. The summed E-state index contributed by atoms with van der Waals surface area (Å²) in [5, 5.41) is 8.46. The zero-order chi connectivity index (χ0) is 15.4. The first-order valence-corrected chi connectivity index (χ1v) is 7.42. The van der Waals surface area contributed by atoms with E-state index in [9.17, 15) is 4.79 Å². The highest BCUT2D eigenvalue weighted by Crippen LogP contribution is 2.16. The number of nitrogens with zero attached hydrogens (tertiary/aromatic N) is 5. The lowest BCUT2D eigenvalue weighted by Gasteiger charge is -2.13. The minimum Gasteiger partial charge on any atom is -0.336 e. The lowest BCUT2D eigenvalue weighted by molar-refractivity contribution is -0.125. The van der Waals surface area contributed by atoms with Crippen molar-refractivity contribution in [3.8, 4) is 0 Å². The molecule has 112 valence electrons. The van der Waals surface area contributed by atoms with Gasteiger partial charge in [0.15, 0.2) is 0 Å². The van der Waals surface area contributed by atoms with Crippen LogP contribution in [0.1, 0.15) is 18.2 Å². The Labute approximate surface area is 132 Å². The molecule has 1 amide bonds. The van der Waals surface area contributed by atoms with Crippen molar-refractivity contribution in [3.05, 3.63) is 40.4 Å². The molecule has 0 aliphatic heterocycles. The van der Waals surface area contributed by atoms with Crippen molar-refractivity contribution in [1.82, 2.24) is 24.5 Å². The second-order valence-corrected chi connectivity index (χ2v) is 5.61. The third-order valence-corrected chi connectivity index (χ3v) is 3.68. The molecule has 21 heavy (non-hydrogen) atoms. The van der Waals surface area contributed by atoms with Crippen LogP contribution in [-0.4, -0.2) is 37.4 Å². The van der Waals surface area contributed by atoms with Gasteiger partial charge in [-0.3, -0.25) is 14.2 Å². The summed E-state index contributed by atoms with van der Waals surface area (Å²) < 4.78 is 4.45. The van der Waals surface area contributed by atoms with E-state index in [0.717, 1.165) is 22.3 Å². The molecule has 0 aliphatic rings. The number of aromatic nitrogens is 4. The molecule has 0 saturated carbocycles. The van der Waals surface area contributed by atoms with Crippen LogP contribution in [0.4, 0.5) is 0 Å². The normalized spacial score (nSPS) is 11.2. The highest BCUT2D eigenvalue weighted by molar-refractivity contribution is 9.10. The molecule has 6 nitrogen and oxygen atoms in total. The van der Waals surface area contributed by atoms with Crippen molar-refractivity contribution in [2.45, 2.75) is 20.0 Å². The van der Waals surface area contributed by atoms with Gasteiger partial charge in [-0.25, -0.2) is 0 Å². The Morgan fingerprint density at radius 3 is 2.81 bits per heavy atom. The number of amides is 1. The van der Waals surface area contributed by atoms with E-state index in [-0.39, 0.29) is 5.91 Å². The number of hydrogen-bond acceptors (Lipinski definition) is 3. The van der Waals surface area contributed by atoms with Crippen LogP contribution in [0.25, 0.3) is 6.08 Å². The van der Waals surface area contributed by atoms with E-state index in [2.05, 4.69) is 26.1 Å². The number of carbonyl (C=O) groups excluding carboxylic acids is 1. The zero-order valence-corrected chi connectivity index (χ0v) is 13.9. The molecule has 2 heterocycles. The fraction of sp³-hybridized carbons (Fsp3) is 0.357. The van der Waals surface area contributed by atoms with Crippen LogP contribution >= 0.6 is 15.9 Å². The van der Waals surface area contributed by atoms with Crippen LogP contribution < -0.4 is 0 Å². The molecule has 2 aromatic rings. The van der Waals surface area contributed by atoms with E-state index in [0.29, 0.717) is 6.54 Å². The van der Waals surface area contributed by atoms with E-state index < -0.39 is 0 Å². The molecule has 7 heteroatoms.